The van der Waals surface area contributed by atoms with E-state index in [1.165, 1.54) is 31.5 Å². The number of hydrogen-bond acceptors (Lipinski definition) is 6. The van der Waals surface area contributed by atoms with Crippen LogP contribution in [0.1, 0.15) is 24.1 Å². The third-order valence-electron chi connectivity index (χ3n) is 6.27. The standard InChI is InChI=1S/C21H24BrN5OS.ClH/c1-14-18(28-13-23-14)19-24-25-20(26(19)2)29-9-3-8-27-11-16-10-21(16,12-27)15-4-6-17(22)7-5-15;/h4-7,13,16H,3,8-12H2,1-2H3;1H/t16-,21?;/m1./s1. The van der Waals surface area contributed by atoms with Gasteiger partial charge in [-0.1, -0.05) is 39.8 Å². The fourth-order valence-corrected chi connectivity index (χ4v) is 5.69. The zero-order chi connectivity index (χ0) is 20.0. The van der Waals surface area contributed by atoms with Crippen LogP contribution < -0.4 is 0 Å². The largest absolute Gasteiger partial charge is 0.440 e. The molecule has 9 heteroatoms. The Hall–Kier alpha value is -1.35. The van der Waals surface area contributed by atoms with Gasteiger partial charge in [0, 0.05) is 35.8 Å². The molecule has 0 radical (unpaired) electrons. The van der Waals surface area contributed by atoms with Crippen molar-refractivity contribution in [2.75, 3.05) is 25.4 Å². The maximum Gasteiger partial charge on any atom is 0.202 e. The number of rotatable bonds is 7. The minimum absolute atomic E-state index is 0. The highest BCUT2D eigenvalue weighted by molar-refractivity contribution is 9.10. The van der Waals surface area contributed by atoms with Crippen molar-refractivity contribution in [3.05, 3.63) is 46.4 Å². The SMILES string of the molecule is Cc1ncoc1-c1nnc(SCCCN2C[C@H]3CC3(c3ccc(Br)cc3)C2)n1C.Cl. The summed E-state index contributed by atoms with van der Waals surface area (Å²) >= 11 is 5.31. The molecular weight excluding hydrogens is 486 g/mol. The third kappa shape index (κ3) is 3.95. The van der Waals surface area contributed by atoms with Crippen molar-refractivity contribution in [2.45, 2.75) is 30.3 Å². The fourth-order valence-electron chi connectivity index (χ4n) is 4.59. The summed E-state index contributed by atoms with van der Waals surface area (Å²) in [6.45, 7) is 5.50. The second-order valence-corrected chi connectivity index (χ2v) is 10.1. The molecule has 0 amide bonds. The molecule has 1 saturated carbocycles. The number of likely N-dealkylation sites (tertiary alicyclic amines) is 1. The zero-order valence-corrected chi connectivity index (χ0v) is 20.3. The van der Waals surface area contributed by atoms with Crippen LogP contribution in [-0.4, -0.2) is 50.0 Å². The summed E-state index contributed by atoms with van der Waals surface area (Å²) in [7, 11) is 1.98. The van der Waals surface area contributed by atoms with E-state index >= 15 is 0 Å². The van der Waals surface area contributed by atoms with E-state index in [1.54, 1.807) is 11.8 Å². The molecule has 5 rings (SSSR count). The molecule has 2 aliphatic rings. The van der Waals surface area contributed by atoms with Gasteiger partial charge in [0.2, 0.25) is 5.82 Å². The van der Waals surface area contributed by atoms with E-state index in [1.807, 2.05) is 18.5 Å². The Morgan fingerprint density at radius 2 is 2.07 bits per heavy atom. The molecule has 6 nitrogen and oxygen atoms in total. The minimum Gasteiger partial charge on any atom is -0.440 e. The van der Waals surface area contributed by atoms with Crippen molar-refractivity contribution < 1.29 is 4.42 Å². The van der Waals surface area contributed by atoms with Gasteiger partial charge < -0.3 is 13.9 Å². The van der Waals surface area contributed by atoms with E-state index in [0.29, 0.717) is 11.2 Å². The van der Waals surface area contributed by atoms with Gasteiger partial charge in [-0.3, -0.25) is 0 Å². The van der Waals surface area contributed by atoms with Crippen molar-refractivity contribution >= 4 is 40.1 Å². The molecule has 1 saturated heterocycles. The molecule has 1 aliphatic carbocycles. The maximum atomic E-state index is 5.45. The number of fused-ring (bicyclic) bond motifs is 1. The molecular formula is C21H25BrClN5OS. The number of halogens is 2. The highest BCUT2D eigenvalue weighted by Gasteiger charge is 2.60. The van der Waals surface area contributed by atoms with Crippen LogP contribution in [0, 0.1) is 12.8 Å². The van der Waals surface area contributed by atoms with Crippen LogP contribution in [0.4, 0.5) is 0 Å². The molecule has 0 bridgehead atoms. The Labute approximate surface area is 195 Å². The van der Waals surface area contributed by atoms with Gasteiger partial charge in [-0.05, 0) is 49.9 Å². The molecule has 3 aromatic rings. The number of benzene rings is 1. The number of oxazole rings is 1. The van der Waals surface area contributed by atoms with Gasteiger partial charge in [-0.2, -0.15) is 0 Å². The van der Waals surface area contributed by atoms with Crippen LogP contribution in [-0.2, 0) is 12.5 Å². The van der Waals surface area contributed by atoms with Crippen molar-refractivity contribution in [1.82, 2.24) is 24.6 Å². The van der Waals surface area contributed by atoms with E-state index in [2.05, 4.69) is 60.3 Å². The molecule has 0 spiro atoms. The summed E-state index contributed by atoms with van der Waals surface area (Å²) in [5, 5.41) is 9.54. The van der Waals surface area contributed by atoms with Gasteiger partial charge in [0.15, 0.2) is 17.3 Å². The Morgan fingerprint density at radius 1 is 1.27 bits per heavy atom. The first-order valence-corrected chi connectivity index (χ1v) is 11.8. The topological polar surface area (TPSA) is 60.0 Å². The Balaban J connectivity index is 0.00000218. The molecule has 1 aliphatic heterocycles. The quantitative estimate of drug-likeness (QED) is 0.339. The van der Waals surface area contributed by atoms with Crippen molar-refractivity contribution in [3.8, 4) is 11.6 Å². The van der Waals surface area contributed by atoms with Crippen LogP contribution >= 0.6 is 40.1 Å². The van der Waals surface area contributed by atoms with Crippen LogP contribution in [0.25, 0.3) is 11.6 Å². The highest BCUT2D eigenvalue weighted by Crippen LogP contribution is 2.59. The smallest absolute Gasteiger partial charge is 0.202 e. The van der Waals surface area contributed by atoms with Crippen LogP contribution in [0.2, 0.25) is 0 Å². The maximum absolute atomic E-state index is 5.45. The Bertz CT molecular complexity index is 1020. The summed E-state index contributed by atoms with van der Waals surface area (Å²) in [6.07, 6.45) is 3.95. The normalized spacial score (nSPS) is 22.7. The lowest BCUT2D eigenvalue weighted by molar-refractivity contribution is 0.299. The first-order valence-electron chi connectivity index (χ1n) is 9.98. The predicted octanol–water partition coefficient (Wildman–Crippen LogP) is 4.72. The summed E-state index contributed by atoms with van der Waals surface area (Å²) in [4.78, 5) is 6.78. The first-order chi connectivity index (χ1) is 14.1. The highest BCUT2D eigenvalue weighted by atomic mass is 79.9. The second kappa shape index (κ2) is 8.65. The number of thioether (sulfide) groups is 1. The van der Waals surface area contributed by atoms with Gasteiger partial charge in [-0.25, -0.2) is 4.98 Å². The predicted molar refractivity (Wildman–Crippen MR) is 124 cm³/mol. The first kappa shape index (κ1) is 21.9. The number of nitrogens with zero attached hydrogens (tertiary/aromatic N) is 5. The molecule has 2 atom stereocenters. The van der Waals surface area contributed by atoms with Gasteiger partial charge in [0.1, 0.15) is 0 Å². The lowest BCUT2D eigenvalue weighted by Crippen LogP contribution is -2.27. The number of aryl methyl sites for hydroxylation is 1. The van der Waals surface area contributed by atoms with E-state index < -0.39 is 0 Å². The van der Waals surface area contributed by atoms with Gasteiger partial charge >= 0.3 is 0 Å². The van der Waals surface area contributed by atoms with E-state index in [9.17, 15) is 0 Å². The summed E-state index contributed by atoms with van der Waals surface area (Å²) < 4.78 is 8.60. The minimum atomic E-state index is 0. The van der Waals surface area contributed by atoms with Crippen LogP contribution in [0.5, 0.6) is 0 Å². The second-order valence-electron chi connectivity index (χ2n) is 8.13. The van der Waals surface area contributed by atoms with Gasteiger partial charge in [0.25, 0.3) is 0 Å². The van der Waals surface area contributed by atoms with Crippen molar-refractivity contribution in [1.29, 1.82) is 0 Å². The molecule has 160 valence electrons. The average Bonchev–Trinajstić information content (AvgIpc) is 3.02. The van der Waals surface area contributed by atoms with Crippen LogP contribution in [0.15, 0.2) is 44.7 Å². The van der Waals surface area contributed by atoms with Crippen molar-refractivity contribution in [2.24, 2.45) is 13.0 Å². The monoisotopic (exact) mass is 509 g/mol. The molecule has 30 heavy (non-hydrogen) atoms. The van der Waals surface area contributed by atoms with Gasteiger partial charge in [-0.15, -0.1) is 22.6 Å². The molecule has 2 aromatic heterocycles. The lowest BCUT2D eigenvalue weighted by Gasteiger charge is -2.21. The summed E-state index contributed by atoms with van der Waals surface area (Å²) in [5.41, 5.74) is 2.77. The molecule has 0 N–H and O–H groups in total. The average molecular weight is 511 g/mol. The van der Waals surface area contributed by atoms with Crippen LogP contribution in [0.3, 0.4) is 0 Å². The van der Waals surface area contributed by atoms with E-state index in [-0.39, 0.29) is 12.4 Å². The number of aromatic nitrogens is 4. The fraction of sp³-hybridized carbons (Fsp3) is 0.476. The zero-order valence-electron chi connectivity index (χ0n) is 17.0. The summed E-state index contributed by atoms with van der Waals surface area (Å²) in [5.74, 6) is 3.30. The Kier molecular flexibility index (Phi) is 6.30. The molecule has 1 unspecified atom stereocenters. The third-order valence-corrected chi connectivity index (χ3v) is 7.90. The van der Waals surface area contributed by atoms with E-state index in [4.69, 9.17) is 4.42 Å². The summed E-state index contributed by atoms with van der Waals surface area (Å²) in [6, 6.07) is 8.94. The molecule has 2 fully saturated rings. The molecule has 1 aromatic carbocycles. The lowest BCUT2D eigenvalue weighted by atomic mass is 9.95. The van der Waals surface area contributed by atoms with Crippen molar-refractivity contribution in [3.63, 3.8) is 0 Å². The molecule has 3 heterocycles. The Morgan fingerprint density at radius 3 is 2.80 bits per heavy atom. The van der Waals surface area contributed by atoms with Gasteiger partial charge in [0.05, 0.1) is 5.69 Å². The number of hydrogen-bond donors (Lipinski definition) is 0. The number of piperidine rings is 1. The van der Waals surface area contributed by atoms with E-state index in [0.717, 1.165) is 45.8 Å².